The minimum Gasteiger partial charge on any atom is -0.545 e. The van der Waals surface area contributed by atoms with Crippen molar-refractivity contribution in [3.05, 3.63) is 47.9 Å². The molecule has 1 aromatic heterocycles. The number of hydrogen-bond donors (Lipinski definition) is 2. The summed E-state index contributed by atoms with van der Waals surface area (Å²) in [6, 6.07) is 7.02. The minimum atomic E-state index is -1.40. The number of nitrogen functional groups attached to an aromatic ring is 1. The lowest BCUT2D eigenvalue weighted by molar-refractivity contribution is -0.254. The first-order valence-electron chi connectivity index (χ1n) is 5.03. The van der Waals surface area contributed by atoms with E-state index in [1.54, 1.807) is 6.07 Å². The molecule has 92 valence electrons. The maximum Gasteiger partial charge on any atom is 0.291 e. The highest BCUT2D eigenvalue weighted by molar-refractivity contribution is 6.06. The Hall–Kier alpha value is -2.76. The fourth-order valence-corrected chi connectivity index (χ4v) is 1.43. The first kappa shape index (κ1) is 11.7. The molecular weight excluding hydrogens is 236 g/mol. The van der Waals surface area contributed by atoms with Gasteiger partial charge in [0.25, 0.3) is 5.91 Å². The molecule has 1 amide bonds. The second-order valence-corrected chi connectivity index (χ2v) is 3.52. The van der Waals surface area contributed by atoms with Crippen LogP contribution in [0.25, 0.3) is 0 Å². The molecule has 3 N–H and O–H groups in total. The smallest absolute Gasteiger partial charge is 0.291 e. The van der Waals surface area contributed by atoms with E-state index in [2.05, 4.69) is 5.32 Å². The van der Waals surface area contributed by atoms with Crippen LogP contribution in [0.15, 0.2) is 41.0 Å². The molecule has 6 nitrogen and oxygen atoms in total. The molecule has 0 unspecified atom stereocenters. The van der Waals surface area contributed by atoms with E-state index in [-0.39, 0.29) is 17.0 Å². The number of anilines is 2. The second-order valence-electron chi connectivity index (χ2n) is 3.52. The summed E-state index contributed by atoms with van der Waals surface area (Å²) in [5, 5.41) is 13.3. The standard InChI is InChI=1S/C12H10N2O4/c13-7-3-4-8(12(16)17)9(6-7)14-11(15)10-2-1-5-18-10/h1-6H,13H2,(H,14,15)(H,16,17)/p-1. The van der Waals surface area contributed by atoms with Crippen LogP contribution in [0.3, 0.4) is 0 Å². The van der Waals surface area contributed by atoms with E-state index >= 15 is 0 Å². The number of hydrogen-bond acceptors (Lipinski definition) is 5. The number of carbonyl (C=O) groups excluding carboxylic acids is 2. The number of amides is 1. The van der Waals surface area contributed by atoms with Crippen molar-refractivity contribution in [1.82, 2.24) is 0 Å². The topological polar surface area (TPSA) is 108 Å². The number of aromatic carboxylic acids is 1. The second kappa shape index (κ2) is 4.62. The van der Waals surface area contributed by atoms with E-state index in [1.807, 2.05) is 0 Å². The molecule has 18 heavy (non-hydrogen) atoms. The fourth-order valence-electron chi connectivity index (χ4n) is 1.43. The van der Waals surface area contributed by atoms with Crippen LogP contribution in [0.4, 0.5) is 11.4 Å². The normalized spacial score (nSPS) is 10.0. The van der Waals surface area contributed by atoms with Crippen molar-refractivity contribution >= 4 is 23.3 Å². The monoisotopic (exact) mass is 245 g/mol. The molecular formula is C12H9N2O4-. The Balaban J connectivity index is 2.31. The summed E-state index contributed by atoms with van der Waals surface area (Å²) >= 11 is 0. The van der Waals surface area contributed by atoms with Gasteiger partial charge >= 0.3 is 0 Å². The SMILES string of the molecule is Nc1ccc(C(=O)[O-])c(NC(=O)c2ccco2)c1. The average Bonchev–Trinajstić information content (AvgIpc) is 2.81. The predicted octanol–water partition coefficient (Wildman–Crippen LogP) is 0.478. The Labute approximate surface area is 102 Å². The molecule has 1 aromatic carbocycles. The summed E-state index contributed by atoms with van der Waals surface area (Å²) in [4.78, 5) is 22.6. The largest absolute Gasteiger partial charge is 0.545 e. The lowest BCUT2D eigenvalue weighted by Gasteiger charge is -2.11. The number of carboxylic acids is 1. The zero-order chi connectivity index (χ0) is 13.1. The molecule has 0 atom stereocenters. The summed E-state index contributed by atoms with van der Waals surface area (Å²) in [6.45, 7) is 0. The third-order valence-electron chi connectivity index (χ3n) is 2.26. The Morgan fingerprint density at radius 2 is 2.06 bits per heavy atom. The van der Waals surface area contributed by atoms with Crippen molar-refractivity contribution < 1.29 is 19.1 Å². The van der Waals surface area contributed by atoms with Gasteiger partial charge in [0.15, 0.2) is 5.76 Å². The first-order chi connectivity index (χ1) is 8.58. The molecule has 6 heteroatoms. The van der Waals surface area contributed by atoms with Crippen molar-refractivity contribution in [2.75, 3.05) is 11.1 Å². The molecule has 2 rings (SSSR count). The highest BCUT2D eigenvalue weighted by atomic mass is 16.4. The van der Waals surface area contributed by atoms with Crippen LogP contribution in [0.5, 0.6) is 0 Å². The Morgan fingerprint density at radius 3 is 2.67 bits per heavy atom. The molecule has 0 bridgehead atoms. The summed E-state index contributed by atoms with van der Waals surface area (Å²) in [5.74, 6) is -1.89. The van der Waals surface area contributed by atoms with Crippen molar-refractivity contribution in [1.29, 1.82) is 0 Å². The lowest BCUT2D eigenvalue weighted by Crippen LogP contribution is -2.24. The quantitative estimate of drug-likeness (QED) is 0.764. The van der Waals surface area contributed by atoms with Gasteiger partial charge in [-0.2, -0.15) is 0 Å². The number of nitrogens with one attached hydrogen (secondary N) is 1. The molecule has 0 aliphatic heterocycles. The van der Waals surface area contributed by atoms with Crippen molar-refractivity contribution in [3.63, 3.8) is 0 Å². The van der Waals surface area contributed by atoms with Crippen molar-refractivity contribution in [3.8, 4) is 0 Å². The average molecular weight is 245 g/mol. The maximum atomic E-state index is 11.7. The molecule has 0 saturated heterocycles. The van der Waals surface area contributed by atoms with E-state index in [0.717, 1.165) is 0 Å². The lowest BCUT2D eigenvalue weighted by atomic mass is 10.1. The molecule has 0 radical (unpaired) electrons. The Bertz CT molecular complexity index is 590. The summed E-state index contributed by atoms with van der Waals surface area (Å²) in [5.41, 5.74) is 5.78. The summed E-state index contributed by atoms with van der Waals surface area (Å²) in [6.07, 6.45) is 1.34. The summed E-state index contributed by atoms with van der Waals surface area (Å²) in [7, 11) is 0. The van der Waals surface area contributed by atoms with E-state index < -0.39 is 11.9 Å². The van der Waals surface area contributed by atoms with Gasteiger partial charge in [0, 0.05) is 11.3 Å². The van der Waals surface area contributed by atoms with Gasteiger partial charge in [0.1, 0.15) is 0 Å². The van der Waals surface area contributed by atoms with Gasteiger partial charge in [0.2, 0.25) is 0 Å². The van der Waals surface area contributed by atoms with Crippen LogP contribution >= 0.6 is 0 Å². The minimum absolute atomic E-state index is 0.0661. The molecule has 0 fully saturated rings. The number of carboxylic acid groups (broad SMARTS) is 1. The zero-order valence-corrected chi connectivity index (χ0v) is 9.17. The molecule has 0 aliphatic rings. The predicted molar refractivity (Wildman–Crippen MR) is 61.8 cm³/mol. The van der Waals surface area contributed by atoms with Crippen LogP contribution in [0.1, 0.15) is 20.9 Å². The van der Waals surface area contributed by atoms with Gasteiger partial charge in [-0.3, -0.25) is 4.79 Å². The maximum absolute atomic E-state index is 11.7. The Morgan fingerprint density at radius 1 is 1.28 bits per heavy atom. The zero-order valence-electron chi connectivity index (χ0n) is 9.17. The number of furan rings is 1. The van der Waals surface area contributed by atoms with Gasteiger partial charge in [0.05, 0.1) is 17.9 Å². The van der Waals surface area contributed by atoms with Crippen LogP contribution in [0.2, 0.25) is 0 Å². The first-order valence-corrected chi connectivity index (χ1v) is 5.03. The van der Waals surface area contributed by atoms with Gasteiger partial charge in [-0.05, 0) is 30.3 Å². The number of carbonyl (C=O) groups is 2. The van der Waals surface area contributed by atoms with E-state index in [9.17, 15) is 14.7 Å². The van der Waals surface area contributed by atoms with Gasteiger partial charge in [-0.25, -0.2) is 0 Å². The van der Waals surface area contributed by atoms with E-state index in [4.69, 9.17) is 10.2 Å². The van der Waals surface area contributed by atoms with Gasteiger partial charge in [-0.1, -0.05) is 0 Å². The van der Waals surface area contributed by atoms with Gasteiger partial charge < -0.3 is 25.4 Å². The van der Waals surface area contributed by atoms with E-state index in [1.165, 1.54) is 30.5 Å². The van der Waals surface area contributed by atoms with Crippen LogP contribution in [0, 0.1) is 0 Å². The summed E-state index contributed by atoms with van der Waals surface area (Å²) < 4.78 is 4.89. The van der Waals surface area contributed by atoms with Crippen LogP contribution in [-0.2, 0) is 0 Å². The van der Waals surface area contributed by atoms with Gasteiger partial charge in [-0.15, -0.1) is 0 Å². The highest BCUT2D eigenvalue weighted by Crippen LogP contribution is 2.19. The molecule has 0 saturated carbocycles. The number of rotatable bonds is 3. The Kier molecular flexibility index (Phi) is 3.01. The third kappa shape index (κ3) is 2.32. The van der Waals surface area contributed by atoms with Crippen LogP contribution in [-0.4, -0.2) is 11.9 Å². The molecule has 1 heterocycles. The van der Waals surface area contributed by atoms with E-state index in [0.29, 0.717) is 5.69 Å². The van der Waals surface area contributed by atoms with Crippen molar-refractivity contribution in [2.24, 2.45) is 0 Å². The highest BCUT2D eigenvalue weighted by Gasteiger charge is 2.12. The van der Waals surface area contributed by atoms with Crippen molar-refractivity contribution in [2.45, 2.75) is 0 Å². The molecule has 0 spiro atoms. The fraction of sp³-hybridized carbons (Fsp3) is 0. The number of nitrogens with two attached hydrogens (primary N) is 1. The molecule has 0 aliphatic carbocycles. The number of benzene rings is 1. The third-order valence-corrected chi connectivity index (χ3v) is 2.26. The molecule has 2 aromatic rings. The van der Waals surface area contributed by atoms with Crippen LogP contribution < -0.4 is 16.2 Å².